The number of carbonyl (C=O) groups excluding carboxylic acids is 1. The Labute approximate surface area is 122 Å². The first-order valence-electron chi connectivity index (χ1n) is 5.36. The molecule has 0 spiro atoms. The van der Waals surface area contributed by atoms with E-state index in [9.17, 15) is 13.6 Å². The number of amides is 1. The van der Waals surface area contributed by atoms with Gasteiger partial charge in [-0.25, -0.2) is 0 Å². The van der Waals surface area contributed by atoms with E-state index < -0.39 is 12.5 Å². The molecule has 0 aliphatic heterocycles. The van der Waals surface area contributed by atoms with Crippen LogP contribution in [0.1, 0.15) is 9.67 Å². The number of halogens is 3. The Morgan fingerprint density at radius 2 is 2.15 bits per heavy atom. The number of hydrogen-bond acceptors (Lipinski definition) is 4. The highest BCUT2D eigenvalue weighted by Crippen LogP contribution is 2.29. The third-order valence-corrected chi connectivity index (χ3v) is 3.53. The molecule has 0 bridgehead atoms. The van der Waals surface area contributed by atoms with Crippen molar-refractivity contribution in [3.05, 3.63) is 39.5 Å². The number of ether oxygens (including phenoxy) is 1. The number of hydrogen-bond donors (Lipinski definition) is 2. The first kappa shape index (κ1) is 14.5. The lowest BCUT2D eigenvalue weighted by Crippen LogP contribution is -2.12. The number of carbonyl (C=O) groups is 1. The number of nitrogens with two attached hydrogens (primary N) is 1. The summed E-state index contributed by atoms with van der Waals surface area (Å²) >= 11 is 6.98. The summed E-state index contributed by atoms with van der Waals surface area (Å²) in [6.45, 7) is -2.96. The fourth-order valence-corrected chi connectivity index (χ4v) is 2.40. The van der Waals surface area contributed by atoms with Gasteiger partial charge in [0.25, 0.3) is 5.91 Å². The Morgan fingerprint density at radius 1 is 1.40 bits per heavy atom. The number of benzene rings is 1. The minimum absolute atomic E-state index is 0.0257. The largest absolute Gasteiger partial charge is 0.433 e. The van der Waals surface area contributed by atoms with Crippen molar-refractivity contribution in [1.29, 1.82) is 0 Å². The molecule has 3 N–H and O–H groups in total. The summed E-state index contributed by atoms with van der Waals surface area (Å²) in [5.41, 5.74) is 6.35. The van der Waals surface area contributed by atoms with Crippen LogP contribution in [0, 0.1) is 0 Å². The highest BCUT2D eigenvalue weighted by atomic mass is 35.5. The number of alkyl halides is 2. The number of nitrogens with one attached hydrogen (secondary N) is 1. The van der Waals surface area contributed by atoms with Crippen LogP contribution in [0.25, 0.3) is 0 Å². The van der Waals surface area contributed by atoms with Crippen molar-refractivity contribution in [3.8, 4) is 5.75 Å². The molecule has 8 heteroatoms. The van der Waals surface area contributed by atoms with Gasteiger partial charge in [-0.15, -0.1) is 11.3 Å². The fraction of sp³-hybridized carbons (Fsp3) is 0.0833. The molecule has 106 valence electrons. The lowest BCUT2D eigenvalue weighted by Gasteiger charge is -2.09. The maximum atomic E-state index is 12.1. The fourth-order valence-electron chi connectivity index (χ4n) is 1.46. The van der Waals surface area contributed by atoms with Crippen LogP contribution in [0.15, 0.2) is 29.6 Å². The highest BCUT2D eigenvalue weighted by molar-refractivity contribution is 7.12. The van der Waals surface area contributed by atoms with E-state index in [0.29, 0.717) is 16.3 Å². The average Bonchev–Trinajstić information content (AvgIpc) is 2.78. The second kappa shape index (κ2) is 6.06. The van der Waals surface area contributed by atoms with Crippen molar-refractivity contribution in [1.82, 2.24) is 0 Å². The normalized spacial score (nSPS) is 10.6. The quantitative estimate of drug-likeness (QED) is 0.900. The molecule has 0 aliphatic carbocycles. The van der Waals surface area contributed by atoms with Crippen molar-refractivity contribution in [2.75, 3.05) is 11.1 Å². The molecule has 1 heterocycles. The molecule has 4 nitrogen and oxygen atoms in total. The number of nitrogen functional groups attached to an aromatic ring is 1. The third-order valence-electron chi connectivity index (χ3n) is 2.31. The summed E-state index contributed by atoms with van der Waals surface area (Å²) in [5.74, 6) is -0.550. The topological polar surface area (TPSA) is 64.4 Å². The highest BCUT2D eigenvalue weighted by Gasteiger charge is 2.13. The van der Waals surface area contributed by atoms with E-state index >= 15 is 0 Å². The van der Waals surface area contributed by atoms with Gasteiger partial charge in [-0.1, -0.05) is 11.6 Å². The first-order valence-corrected chi connectivity index (χ1v) is 6.62. The molecule has 1 amide bonds. The van der Waals surface area contributed by atoms with E-state index in [1.807, 2.05) is 0 Å². The molecule has 0 saturated carbocycles. The van der Waals surface area contributed by atoms with E-state index in [1.165, 1.54) is 29.5 Å². The molecule has 2 aromatic rings. The van der Waals surface area contributed by atoms with Gasteiger partial charge < -0.3 is 15.8 Å². The second-order valence-electron chi connectivity index (χ2n) is 3.68. The minimum Gasteiger partial charge on any atom is -0.433 e. The zero-order chi connectivity index (χ0) is 14.7. The molecule has 0 atom stereocenters. The monoisotopic (exact) mass is 318 g/mol. The van der Waals surface area contributed by atoms with Crippen LogP contribution in [-0.2, 0) is 0 Å². The van der Waals surface area contributed by atoms with Crippen LogP contribution in [0.5, 0.6) is 5.75 Å². The van der Waals surface area contributed by atoms with Gasteiger partial charge in [0, 0.05) is 5.69 Å². The van der Waals surface area contributed by atoms with Gasteiger partial charge in [0.2, 0.25) is 0 Å². The minimum atomic E-state index is -2.96. The molecule has 1 aromatic carbocycles. The number of rotatable bonds is 4. The average molecular weight is 319 g/mol. The Balaban J connectivity index is 2.13. The van der Waals surface area contributed by atoms with E-state index in [4.69, 9.17) is 17.3 Å². The lowest BCUT2D eigenvalue weighted by molar-refractivity contribution is -0.0497. The standard InChI is InChI=1S/C12H9ClF2N2O2S/c13-7-5-6(1-2-9(7)19-12(14)15)17-11(18)10-8(16)3-4-20-10/h1-5,12H,16H2,(H,17,18). The molecule has 0 radical (unpaired) electrons. The summed E-state index contributed by atoms with van der Waals surface area (Å²) in [7, 11) is 0. The smallest absolute Gasteiger partial charge is 0.387 e. The SMILES string of the molecule is Nc1ccsc1C(=O)Nc1ccc(OC(F)F)c(Cl)c1. The maximum Gasteiger partial charge on any atom is 0.387 e. The zero-order valence-corrected chi connectivity index (χ0v) is 11.5. The van der Waals surface area contributed by atoms with E-state index in [1.54, 1.807) is 11.4 Å². The summed E-state index contributed by atoms with van der Waals surface area (Å²) < 4.78 is 28.4. The van der Waals surface area contributed by atoms with Gasteiger partial charge >= 0.3 is 6.61 Å². The Hall–Kier alpha value is -1.86. The van der Waals surface area contributed by atoms with Crippen molar-refractivity contribution in [3.63, 3.8) is 0 Å². The van der Waals surface area contributed by atoms with Crippen LogP contribution in [0.2, 0.25) is 5.02 Å². The van der Waals surface area contributed by atoms with Crippen LogP contribution in [0.3, 0.4) is 0 Å². The molecular weight excluding hydrogens is 310 g/mol. The second-order valence-corrected chi connectivity index (χ2v) is 5.01. The van der Waals surface area contributed by atoms with Gasteiger partial charge in [-0.2, -0.15) is 8.78 Å². The summed E-state index contributed by atoms with van der Waals surface area (Å²) in [6.07, 6.45) is 0. The summed E-state index contributed by atoms with van der Waals surface area (Å²) in [5, 5.41) is 4.24. The third kappa shape index (κ3) is 3.37. The van der Waals surface area contributed by atoms with Crippen molar-refractivity contribution < 1.29 is 18.3 Å². The van der Waals surface area contributed by atoms with Gasteiger partial charge in [-0.3, -0.25) is 4.79 Å². The Kier molecular flexibility index (Phi) is 4.41. The summed E-state index contributed by atoms with van der Waals surface area (Å²) in [4.78, 5) is 12.3. The van der Waals surface area contributed by atoms with Gasteiger partial charge in [0.15, 0.2) is 0 Å². The van der Waals surface area contributed by atoms with Crippen LogP contribution >= 0.6 is 22.9 Å². The zero-order valence-electron chi connectivity index (χ0n) is 9.90. The van der Waals surface area contributed by atoms with Crippen molar-refractivity contribution in [2.24, 2.45) is 0 Å². The van der Waals surface area contributed by atoms with E-state index in [0.717, 1.165) is 0 Å². The number of anilines is 2. The summed E-state index contributed by atoms with van der Waals surface area (Å²) in [6, 6.07) is 5.60. The van der Waals surface area contributed by atoms with Crippen molar-refractivity contribution >= 4 is 40.2 Å². The number of thiophene rings is 1. The molecule has 20 heavy (non-hydrogen) atoms. The molecule has 0 aliphatic rings. The lowest BCUT2D eigenvalue weighted by atomic mass is 10.3. The van der Waals surface area contributed by atoms with Crippen LogP contribution in [0.4, 0.5) is 20.2 Å². The molecule has 1 aromatic heterocycles. The Morgan fingerprint density at radius 3 is 2.70 bits per heavy atom. The molecular formula is C12H9ClF2N2O2S. The first-order chi connectivity index (χ1) is 9.47. The predicted octanol–water partition coefficient (Wildman–Crippen LogP) is 3.84. The van der Waals surface area contributed by atoms with E-state index in [2.05, 4.69) is 10.1 Å². The molecule has 0 saturated heterocycles. The predicted molar refractivity (Wildman–Crippen MR) is 74.8 cm³/mol. The van der Waals surface area contributed by atoms with Crippen LogP contribution in [-0.4, -0.2) is 12.5 Å². The molecule has 0 fully saturated rings. The van der Waals surface area contributed by atoms with E-state index in [-0.39, 0.29) is 10.8 Å². The van der Waals surface area contributed by atoms with Crippen molar-refractivity contribution in [2.45, 2.75) is 6.61 Å². The van der Waals surface area contributed by atoms with Gasteiger partial charge in [0.05, 0.1) is 10.7 Å². The molecule has 0 unspecified atom stereocenters. The maximum absolute atomic E-state index is 12.1. The van der Waals surface area contributed by atoms with Gasteiger partial charge in [0.1, 0.15) is 10.6 Å². The van der Waals surface area contributed by atoms with Crippen LogP contribution < -0.4 is 15.8 Å². The molecule has 2 rings (SSSR count). The Bertz CT molecular complexity index is 634. The van der Waals surface area contributed by atoms with Gasteiger partial charge in [-0.05, 0) is 29.6 Å².